The second-order valence-corrected chi connectivity index (χ2v) is 6.71. The molecule has 24 heavy (non-hydrogen) atoms. The second-order valence-electron chi connectivity index (χ2n) is 6.71. The molecule has 1 heterocycles. The molecule has 1 amide bonds. The fraction of sp³-hybridized carbons (Fsp3) is 0.611. The lowest BCUT2D eigenvalue weighted by Gasteiger charge is -2.32. The topological polar surface area (TPSA) is 38.8 Å². The third kappa shape index (κ3) is 5.54. The lowest BCUT2D eigenvalue weighted by Crippen LogP contribution is -2.45. The van der Waals surface area contributed by atoms with Gasteiger partial charge < -0.3 is 15.1 Å². The summed E-state index contributed by atoms with van der Waals surface area (Å²) in [5, 5.41) is 2.99. The van der Waals surface area contributed by atoms with Crippen molar-refractivity contribution in [2.75, 3.05) is 60.4 Å². The first kappa shape index (κ1) is 18.8. The largest absolute Gasteiger partial charge is 0.354 e. The minimum Gasteiger partial charge on any atom is -0.354 e. The average molecular weight is 336 g/mol. The molecular weight excluding hydrogens is 307 g/mol. The molecular formula is C18H29FN4O. The van der Waals surface area contributed by atoms with E-state index in [0.717, 1.165) is 39.1 Å². The maximum absolute atomic E-state index is 13.4. The van der Waals surface area contributed by atoms with E-state index in [0.29, 0.717) is 12.1 Å². The standard InChI is InChI=1S/C18H29FN4O/c1-21(2)17(15-6-4-7-16(19)14-15)18(24)20-8-5-9-23-12-10-22(3)11-13-23/h4,6-7,14,17H,5,8-13H2,1-3H3,(H,20,24)/t17-/m1/s1. The van der Waals surface area contributed by atoms with Crippen LogP contribution >= 0.6 is 0 Å². The molecule has 0 radical (unpaired) electrons. The predicted octanol–water partition coefficient (Wildman–Crippen LogP) is 1.18. The Kier molecular flexibility index (Phi) is 7.15. The van der Waals surface area contributed by atoms with Crippen LogP contribution in [0, 0.1) is 5.82 Å². The number of rotatable bonds is 7. The van der Waals surface area contributed by atoms with Crippen molar-refractivity contribution in [3.63, 3.8) is 0 Å². The van der Waals surface area contributed by atoms with E-state index in [9.17, 15) is 9.18 Å². The second kappa shape index (κ2) is 9.11. The summed E-state index contributed by atoms with van der Waals surface area (Å²) in [6.07, 6.45) is 0.929. The summed E-state index contributed by atoms with van der Waals surface area (Å²) in [5.41, 5.74) is 0.677. The van der Waals surface area contributed by atoms with Crippen molar-refractivity contribution < 1.29 is 9.18 Å². The maximum Gasteiger partial charge on any atom is 0.241 e. The molecule has 1 aromatic rings. The van der Waals surface area contributed by atoms with Crippen LogP contribution in [0.1, 0.15) is 18.0 Å². The molecule has 5 nitrogen and oxygen atoms in total. The fourth-order valence-electron chi connectivity index (χ4n) is 3.04. The molecule has 1 N–H and O–H groups in total. The Morgan fingerprint density at radius 3 is 2.62 bits per heavy atom. The van der Waals surface area contributed by atoms with Crippen LogP contribution in [-0.4, -0.2) is 81.0 Å². The van der Waals surface area contributed by atoms with Gasteiger partial charge in [0.1, 0.15) is 11.9 Å². The summed E-state index contributed by atoms with van der Waals surface area (Å²) >= 11 is 0. The maximum atomic E-state index is 13.4. The third-order valence-electron chi connectivity index (χ3n) is 4.48. The molecule has 1 saturated heterocycles. The Morgan fingerprint density at radius 1 is 1.29 bits per heavy atom. The number of benzene rings is 1. The summed E-state index contributed by atoms with van der Waals surface area (Å²) in [7, 11) is 5.81. The van der Waals surface area contributed by atoms with Gasteiger partial charge in [0.2, 0.25) is 5.91 Å². The van der Waals surface area contributed by atoms with Crippen LogP contribution in [0.15, 0.2) is 24.3 Å². The van der Waals surface area contributed by atoms with Gasteiger partial charge in [-0.1, -0.05) is 12.1 Å². The quantitative estimate of drug-likeness (QED) is 0.759. The van der Waals surface area contributed by atoms with Crippen molar-refractivity contribution in [1.29, 1.82) is 0 Å². The smallest absolute Gasteiger partial charge is 0.241 e. The summed E-state index contributed by atoms with van der Waals surface area (Å²) in [4.78, 5) is 19.1. The highest BCUT2D eigenvalue weighted by Crippen LogP contribution is 2.19. The molecule has 1 aliphatic heterocycles. The monoisotopic (exact) mass is 336 g/mol. The first-order valence-corrected chi connectivity index (χ1v) is 8.58. The number of amides is 1. The van der Waals surface area contributed by atoms with E-state index in [1.807, 2.05) is 19.0 Å². The van der Waals surface area contributed by atoms with Gasteiger partial charge in [0, 0.05) is 32.7 Å². The Labute approximate surface area is 144 Å². The molecule has 1 aromatic carbocycles. The van der Waals surface area contributed by atoms with Crippen LogP contribution in [0.2, 0.25) is 0 Å². The number of hydrogen-bond donors (Lipinski definition) is 1. The Hall–Kier alpha value is -1.50. The molecule has 0 unspecified atom stereocenters. The van der Waals surface area contributed by atoms with Gasteiger partial charge in [-0.05, 0) is 51.8 Å². The molecule has 6 heteroatoms. The van der Waals surface area contributed by atoms with Crippen LogP contribution in [0.5, 0.6) is 0 Å². The SMILES string of the molecule is CN1CCN(CCCNC(=O)[C@@H](c2cccc(F)c2)N(C)C)CC1. The van der Waals surface area contributed by atoms with Crippen LogP contribution < -0.4 is 5.32 Å². The van der Waals surface area contributed by atoms with Crippen LogP contribution in [0.4, 0.5) is 4.39 Å². The number of likely N-dealkylation sites (N-methyl/N-ethyl adjacent to an activating group) is 2. The molecule has 0 spiro atoms. The molecule has 1 fully saturated rings. The van der Waals surface area contributed by atoms with Crippen molar-refractivity contribution in [3.8, 4) is 0 Å². The van der Waals surface area contributed by atoms with E-state index in [1.165, 1.54) is 12.1 Å². The Morgan fingerprint density at radius 2 is 2.00 bits per heavy atom. The third-order valence-corrected chi connectivity index (χ3v) is 4.48. The van der Waals surface area contributed by atoms with Crippen LogP contribution in [0.3, 0.4) is 0 Å². The van der Waals surface area contributed by atoms with E-state index in [1.54, 1.807) is 12.1 Å². The van der Waals surface area contributed by atoms with E-state index in [4.69, 9.17) is 0 Å². The Bertz CT molecular complexity index is 530. The van der Waals surface area contributed by atoms with Gasteiger partial charge in [-0.2, -0.15) is 0 Å². The van der Waals surface area contributed by atoms with Crippen LogP contribution in [-0.2, 0) is 4.79 Å². The van der Waals surface area contributed by atoms with E-state index in [-0.39, 0.29) is 11.7 Å². The van der Waals surface area contributed by atoms with Gasteiger partial charge in [-0.25, -0.2) is 4.39 Å². The van der Waals surface area contributed by atoms with Gasteiger partial charge in [0.05, 0.1) is 0 Å². The van der Waals surface area contributed by atoms with Gasteiger partial charge in [0.15, 0.2) is 0 Å². The minimum absolute atomic E-state index is 0.0797. The first-order valence-electron chi connectivity index (χ1n) is 8.58. The summed E-state index contributed by atoms with van der Waals surface area (Å²) in [6, 6.07) is 5.78. The predicted molar refractivity (Wildman–Crippen MR) is 94.4 cm³/mol. The van der Waals surface area contributed by atoms with Gasteiger partial charge >= 0.3 is 0 Å². The molecule has 0 bridgehead atoms. The molecule has 0 aromatic heterocycles. The molecule has 134 valence electrons. The van der Waals surface area contributed by atoms with Crippen molar-refractivity contribution in [2.45, 2.75) is 12.5 Å². The van der Waals surface area contributed by atoms with Crippen molar-refractivity contribution in [1.82, 2.24) is 20.0 Å². The van der Waals surface area contributed by atoms with Gasteiger partial charge in [-0.15, -0.1) is 0 Å². The van der Waals surface area contributed by atoms with E-state index >= 15 is 0 Å². The number of carbonyl (C=O) groups is 1. The fourth-order valence-corrected chi connectivity index (χ4v) is 3.04. The Balaban J connectivity index is 1.79. The van der Waals surface area contributed by atoms with E-state index in [2.05, 4.69) is 22.2 Å². The normalized spacial score (nSPS) is 17.9. The molecule has 1 aliphatic rings. The minimum atomic E-state index is -0.468. The lowest BCUT2D eigenvalue weighted by molar-refractivity contribution is -0.125. The number of piperazine rings is 1. The summed E-state index contributed by atoms with van der Waals surface area (Å²) < 4.78 is 13.4. The van der Waals surface area contributed by atoms with Gasteiger partial charge in [0.25, 0.3) is 0 Å². The molecule has 0 saturated carbocycles. The number of hydrogen-bond acceptors (Lipinski definition) is 4. The number of halogens is 1. The molecule has 0 aliphatic carbocycles. The number of nitrogens with zero attached hydrogens (tertiary/aromatic N) is 3. The summed E-state index contributed by atoms with van der Waals surface area (Å²) in [6.45, 7) is 6.04. The zero-order chi connectivity index (χ0) is 17.5. The summed E-state index contributed by atoms with van der Waals surface area (Å²) in [5.74, 6) is -0.397. The van der Waals surface area contributed by atoms with E-state index < -0.39 is 6.04 Å². The van der Waals surface area contributed by atoms with Gasteiger partial charge in [-0.3, -0.25) is 9.69 Å². The van der Waals surface area contributed by atoms with Crippen molar-refractivity contribution in [3.05, 3.63) is 35.6 Å². The highest BCUT2D eigenvalue weighted by atomic mass is 19.1. The lowest BCUT2D eigenvalue weighted by atomic mass is 10.1. The highest BCUT2D eigenvalue weighted by molar-refractivity contribution is 5.83. The molecule has 1 atom stereocenters. The average Bonchev–Trinajstić information content (AvgIpc) is 2.53. The zero-order valence-electron chi connectivity index (χ0n) is 15.0. The first-order chi connectivity index (χ1) is 11.5. The zero-order valence-corrected chi connectivity index (χ0v) is 15.0. The van der Waals surface area contributed by atoms with Crippen molar-refractivity contribution in [2.24, 2.45) is 0 Å². The number of nitrogens with one attached hydrogen (secondary N) is 1. The van der Waals surface area contributed by atoms with Crippen molar-refractivity contribution >= 4 is 5.91 Å². The highest BCUT2D eigenvalue weighted by Gasteiger charge is 2.23. The number of carbonyl (C=O) groups excluding carboxylic acids is 1. The molecule has 2 rings (SSSR count). The van der Waals surface area contributed by atoms with Crippen LogP contribution in [0.25, 0.3) is 0 Å².